The molecule has 0 heterocycles. The fourth-order valence-electron chi connectivity index (χ4n) is 2.44. The van der Waals surface area contributed by atoms with Crippen LogP contribution in [0.4, 0.5) is 10.5 Å². The molecule has 1 aromatic rings. The molecule has 0 aliphatic heterocycles. The minimum atomic E-state index is -0.135. The zero-order valence-corrected chi connectivity index (χ0v) is 12.9. The SMILES string of the molecule is CN(C(=O)Nc1ccc(Cl)c(Cl)c1)C1CCC(N)CC1. The highest BCUT2D eigenvalue weighted by Crippen LogP contribution is 2.26. The Morgan fingerprint density at radius 2 is 1.90 bits per heavy atom. The van der Waals surface area contributed by atoms with Crippen LogP contribution in [0.1, 0.15) is 25.7 Å². The molecule has 0 aromatic heterocycles. The van der Waals surface area contributed by atoms with E-state index in [9.17, 15) is 4.79 Å². The second-order valence-electron chi connectivity index (χ2n) is 5.24. The normalized spacial score (nSPS) is 22.4. The van der Waals surface area contributed by atoms with E-state index in [-0.39, 0.29) is 18.1 Å². The lowest BCUT2D eigenvalue weighted by molar-refractivity contribution is 0.182. The molecule has 1 aromatic carbocycles. The van der Waals surface area contributed by atoms with Gasteiger partial charge in [0.15, 0.2) is 0 Å². The second kappa shape index (κ2) is 6.66. The maximum atomic E-state index is 12.2. The van der Waals surface area contributed by atoms with Crippen LogP contribution in [0, 0.1) is 0 Å². The Kier molecular flexibility index (Phi) is 5.13. The molecule has 3 N–H and O–H groups in total. The molecule has 110 valence electrons. The van der Waals surface area contributed by atoms with Crippen molar-refractivity contribution in [2.45, 2.75) is 37.8 Å². The van der Waals surface area contributed by atoms with Gasteiger partial charge in [-0.3, -0.25) is 0 Å². The first-order valence-corrected chi connectivity index (χ1v) is 7.47. The number of benzene rings is 1. The number of urea groups is 1. The van der Waals surface area contributed by atoms with Crippen LogP contribution >= 0.6 is 23.2 Å². The van der Waals surface area contributed by atoms with Crippen LogP contribution in [0.5, 0.6) is 0 Å². The molecule has 1 fully saturated rings. The van der Waals surface area contributed by atoms with Crippen LogP contribution in [0.2, 0.25) is 10.0 Å². The fraction of sp³-hybridized carbons (Fsp3) is 0.500. The molecule has 2 amide bonds. The summed E-state index contributed by atoms with van der Waals surface area (Å²) in [7, 11) is 1.81. The van der Waals surface area contributed by atoms with Gasteiger partial charge in [-0.2, -0.15) is 0 Å². The van der Waals surface area contributed by atoms with E-state index in [4.69, 9.17) is 28.9 Å². The number of rotatable bonds is 2. The average Bonchev–Trinajstić information content (AvgIpc) is 2.43. The van der Waals surface area contributed by atoms with E-state index < -0.39 is 0 Å². The molecule has 0 spiro atoms. The van der Waals surface area contributed by atoms with Gasteiger partial charge in [0.05, 0.1) is 10.0 Å². The lowest BCUT2D eigenvalue weighted by atomic mass is 9.91. The van der Waals surface area contributed by atoms with Gasteiger partial charge in [-0.15, -0.1) is 0 Å². The van der Waals surface area contributed by atoms with Gasteiger partial charge >= 0.3 is 6.03 Å². The second-order valence-corrected chi connectivity index (χ2v) is 6.05. The highest BCUT2D eigenvalue weighted by Gasteiger charge is 2.25. The first-order valence-electron chi connectivity index (χ1n) is 6.72. The predicted molar refractivity (Wildman–Crippen MR) is 83.5 cm³/mol. The van der Waals surface area contributed by atoms with Crippen molar-refractivity contribution in [3.8, 4) is 0 Å². The zero-order chi connectivity index (χ0) is 14.7. The van der Waals surface area contributed by atoms with Crippen LogP contribution in [0.15, 0.2) is 18.2 Å². The molecular formula is C14H19Cl2N3O. The largest absolute Gasteiger partial charge is 0.328 e. The number of nitrogens with two attached hydrogens (primary N) is 1. The monoisotopic (exact) mass is 315 g/mol. The van der Waals surface area contributed by atoms with E-state index in [0.29, 0.717) is 15.7 Å². The zero-order valence-electron chi connectivity index (χ0n) is 11.4. The minimum absolute atomic E-state index is 0.135. The fourth-order valence-corrected chi connectivity index (χ4v) is 2.74. The van der Waals surface area contributed by atoms with Crippen molar-refractivity contribution in [1.82, 2.24) is 4.90 Å². The Morgan fingerprint density at radius 1 is 1.25 bits per heavy atom. The first kappa shape index (κ1) is 15.4. The Bertz CT molecular complexity index is 487. The van der Waals surface area contributed by atoms with Crippen molar-refractivity contribution in [3.05, 3.63) is 28.2 Å². The quantitative estimate of drug-likeness (QED) is 0.873. The van der Waals surface area contributed by atoms with Gasteiger partial charge < -0.3 is 16.0 Å². The number of amides is 2. The number of anilines is 1. The number of nitrogens with one attached hydrogen (secondary N) is 1. The van der Waals surface area contributed by atoms with Crippen molar-refractivity contribution in [2.75, 3.05) is 12.4 Å². The third-order valence-corrected chi connectivity index (χ3v) is 4.52. The maximum absolute atomic E-state index is 12.2. The van der Waals surface area contributed by atoms with E-state index in [1.54, 1.807) is 23.1 Å². The lowest BCUT2D eigenvalue weighted by Crippen LogP contribution is -2.43. The van der Waals surface area contributed by atoms with Crippen molar-refractivity contribution in [2.24, 2.45) is 5.73 Å². The van der Waals surface area contributed by atoms with E-state index in [1.807, 2.05) is 7.05 Å². The summed E-state index contributed by atoms with van der Waals surface area (Å²) in [6.45, 7) is 0. The van der Waals surface area contributed by atoms with Gasteiger partial charge in [-0.25, -0.2) is 4.79 Å². The van der Waals surface area contributed by atoms with E-state index >= 15 is 0 Å². The number of halogens is 2. The third kappa shape index (κ3) is 3.78. The van der Waals surface area contributed by atoms with E-state index in [1.165, 1.54) is 0 Å². The van der Waals surface area contributed by atoms with Crippen LogP contribution in [-0.2, 0) is 0 Å². The summed E-state index contributed by atoms with van der Waals surface area (Å²) in [5.41, 5.74) is 6.52. The minimum Gasteiger partial charge on any atom is -0.328 e. The molecule has 0 bridgehead atoms. The highest BCUT2D eigenvalue weighted by molar-refractivity contribution is 6.42. The van der Waals surface area contributed by atoms with Gasteiger partial charge in [0, 0.05) is 24.8 Å². The van der Waals surface area contributed by atoms with Crippen LogP contribution in [-0.4, -0.2) is 30.1 Å². The maximum Gasteiger partial charge on any atom is 0.321 e. The molecule has 6 heteroatoms. The summed E-state index contributed by atoms with van der Waals surface area (Å²) in [5, 5.41) is 3.73. The van der Waals surface area contributed by atoms with E-state index in [2.05, 4.69) is 5.32 Å². The van der Waals surface area contributed by atoms with E-state index in [0.717, 1.165) is 25.7 Å². The van der Waals surface area contributed by atoms with Gasteiger partial charge in [0.1, 0.15) is 0 Å². The molecule has 0 atom stereocenters. The summed E-state index contributed by atoms with van der Waals surface area (Å²) in [5.74, 6) is 0. The Labute approximate surface area is 129 Å². The van der Waals surface area contributed by atoms with Gasteiger partial charge in [0.25, 0.3) is 0 Å². The van der Waals surface area contributed by atoms with Crippen LogP contribution < -0.4 is 11.1 Å². The highest BCUT2D eigenvalue weighted by atomic mass is 35.5. The number of nitrogens with zero attached hydrogens (tertiary/aromatic N) is 1. The number of hydrogen-bond acceptors (Lipinski definition) is 2. The van der Waals surface area contributed by atoms with Crippen molar-refractivity contribution >= 4 is 34.9 Å². The molecule has 0 unspecified atom stereocenters. The molecular weight excluding hydrogens is 297 g/mol. The first-order chi connectivity index (χ1) is 9.47. The standard InChI is InChI=1S/C14H19Cl2N3O/c1-19(11-5-2-9(17)3-6-11)14(20)18-10-4-7-12(15)13(16)8-10/h4,7-9,11H,2-3,5-6,17H2,1H3,(H,18,20). The van der Waals surface area contributed by atoms with Gasteiger partial charge in [0.2, 0.25) is 0 Å². The molecule has 0 saturated heterocycles. The summed E-state index contributed by atoms with van der Waals surface area (Å²) in [6.07, 6.45) is 3.84. The number of hydrogen-bond donors (Lipinski definition) is 2. The van der Waals surface area contributed by atoms with Crippen molar-refractivity contribution in [3.63, 3.8) is 0 Å². The van der Waals surface area contributed by atoms with Gasteiger partial charge in [-0.1, -0.05) is 23.2 Å². The smallest absolute Gasteiger partial charge is 0.321 e. The molecule has 0 radical (unpaired) electrons. The summed E-state index contributed by atoms with van der Waals surface area (Å²) >= 11 is 11.8. The number of carbonyl (C=O) groups is 1. The third-order valence-electron chi connectivity index (χ3n) is 3.78. The summed E-state index contributed by atoms with van der Waals surface area (Å²) in [6, 6.07) is 5.43. The molecule has 4 nitrogen and oxygen atoms in total. The lowest BCUT2D eigenvalue weighted by Gasteiger charge is -2.33. The van der Waals surface area contributed by atoms with Crippen LogP contribution in [0.3, 0.4) is 0 Å². The molecule has 2 rings (SSSR count). The number of carbonyl (C=O) groups excluding carboxylic acids is 1. The Morgan fingerprint density at radius 3 is 2.50 bits per heavy atom. The molecule has 20 heavy (non-hydrogen) atoms. The molecule has 1 saturated carbocycles. The predicted octanol–water partition coefficient (Wildman–Crippen LogP) is 3.73. The van der Waals surface area contributed by atoms with Crippen molar-refractivity contribution < 1.29 is 4.79 Å². The average molecular weight is 316 g/mol. The molecule has 1 aliphatic carbocycles. The Balaban J connectivity index is 1.95. The van der Waals surface area contributed by atoms with Crippen LogP contribution in [0.25, 0.3) is 0 Å². The van der Waals surface area contributed by atoms with Gasteiger partial charge in [-0.05, 0) is 43.9 Å². The summed E-state index contributed by atoms with van der Waals surface area (Å²) in [4.78, 5) is 13.9. The van der Waals surface area contributed by atoms with Crippen molar-refractivity contribution in [1.29, 1.82) is 0 Å². The Hall–Kier alpha value is -0.970. The summed E-state index contributed by atoms with van der Waals surface area (Å²) < 4.78 is 0. The molecule has 1 aliphatic rings. The topological polar surface area (TPSA) is 58.4 Å².